The summed E-state index contributed by atoms with van der Waals surface area (Å²) in [7, 11) is 0. The predicted molar refractivity (Wildman–Crippen MR) is 249 cm³/mol. The van der Waals surface area contributed by atoms with Crippen LogP contribution in [0.5, 0.6) is 5.75 Å². The molecule has 1 saturated heterocycles. The lowest BCUT2D eigenvalue weighted by Crippen LogP contribution is -2.66. The van der Waals surface area contributed by atoms with Gasteiger partial charge in [-0.3, -0.25) is 19.2 Å². The Morgan fingerprint density at radius 1 is 0.862 bits per heavy atom. The predicted octanol–water partition coefficient (Wildman–Crippen LogP) is 8.95. The molecule has 1 heterocycles. The minimum atomic E-state index is -0.839. The summed E-state index contributed by atoms with van der Waals surface area (Å²) in [6, 6.07) is 7.21. The van der Waals surface area contributed by atoms with Crippen LogP contribution in [0.25, 0.3) is 0 Å². The number of Topliss-reactive ketones (excluding diaryl/α,β-unsaturated/α-hetero) is 1. The lowest BCUT2D eigenvalue weighted by Gasteiger charge is -2.72. The van der Waals surface area contributed by atoms with E-state index in [9.17, 15) is 29.4 Å². The van der Waals surface area contributed by atoms with Gasteiger partial charge >= 0.3 is 11.9 Å². The second-order valence-electron chi connectivity index (χ2n) is 24.8. The number of nitrogens with one attached hydrogen (secondary N) is 2. The summed E-state index contributed by atoms with van der Waals surface area (Å²) in [5, 5.41) is 28.9. The highest BCUT2D eigenvalue weighted by Crippen LogP contribution is 2.77. The Bertz CT molecular complexity index is 2070. The molecule has 1 amide bonds. The molecular weight excluding hydrogens is 821 g/mol. The molecule has 5 saturated carbocycles. The minimum absolute atomic E-state index is 0.0130. The van der Waals surface area contributed by atoms with Gasteiger partial charge in [-0.15, -0.1) is 0 Å². The molecule has 1 aliphatic heterocycles. The smallest absolute Gasteiger partial charge is 0.309 e. The van der Waals surface area contributed by atoms with Gasteiger partial charge in [0.25, 0.3) is 5.91 Å². The summed E-state index contributed by atoms with van der Waals surface area (Å²) >= 11 is 0. The molecule has 11 nitrogen and oxygen atoms in total. The van der Waals surface area contributed by atoms with Gasteiger partial charge in [0.05, 0.1) is 31.2 Å². The summed E-state index contributed by atoms with van der Waals surface area (Å²) in [5.41, 5.74) is 0.641. The maximum Gasteiger partial charge on any atom is 0.309 e. The van der Waals surface area contributed by atoms with E-state index in [1.807, 2.05) is 39.8 Å². The fourth-order valence-electron chi connectivity index (χ4n) is 15.9. The number of esters is 1. The highest BCUT2D eigenvalue weighted by atomic mass is 16.6. The van der Waals surface area contributed by atoms with Crippen molar-refractivity contribution in [1.29, 1.82) is 0 Å². The number of amides is 1. The van der Waals surface area contributed by atoms with Gasteiger partial charge in [0, 0.05) is 47.9 Å². The van der Waals surface area contributed by atoms with Crippen LogP contribution >= 0.6 is 0 Å². The van der Waals surface area contributed by atoms with E-state index >= 15 is 0 Å². The molecule has 0 bridgehead atoms. The Balaban J connectivity index is 0.951. The van der Waals surface area contributed by atoms with Crippen LogP contribution in [0.2, 0.25) is 0 Å². The van der Waals surface area contributed by atoms with Gasteiger partial charge in [-0.05, 0) is 147 Å². The van der Waals surface area contributed by atoms with Crippen LogP contribution in [0.4, 0.5) is 0 Å². The van der Waals surface area contributed by atoms with Crippen LogP contribution in [0, 0.1) is 68.0 Å². The number of carboxylic acid groups (broad SMARTS) is 1. The largest absolute Gasteiger partial charge is 0.488 e. The second-order valence-corrected chi connectivity index (χ2v) is 24.8. The SMILES string of the molecule is CC(C)C1=C2[C@H]3CC[C@@H]4[C@@]5(C)CC[C@H](OC(=O)[C@H]6C[C@@H](C(=O)O)C6(C)C)C(C)(C)[C@@H]5CC[C@@]4(C)[C@]3(C)CC[C@@]2([C@@H](O)CNCC(C)(C)NC(=O)c2ccc(O[C@H]3CCOC3)cc2)CC1=O. The van der Waals surface area contributed by atoms with Gasteiger partial charge in [0.2, 0.25) is 0 Å². The molecule has 1 aromatic rings. The first-order chi connectivity index (χ1) is 30.3. The van der Waals surface area contributed by atoms with Gasteiger partial charge in [0.15, 0.2) is 5.78 Å². The number of ether oxygens (including phenoxy) is 3. The standard InChI is InChI=1S/C54H80N2O9/c1-31(2)43-38(57)27-54(41(58)28-55-30-48(3,4)56-45(59)32-12-14-33(15-13-32)64-34-20-25-63-29-34)24-23-52(10)35(44(43)54)16-17-40-51(9)21-19-42(50(7,8)39(51)18-22-53(40,52)11)65-47(62)37-26-36(46(60)61)49(37,5)6/h12-15,31,34-37,39-42,55,58H,16-30H2,1-11H3,(H,56,59)(H,60,61)/t34-,35+,36-,37+,39-,40+,41-,42-,51-,52+,53+,54-/m0/s1. The van der Waals surface area contributed by atoms with Crippen LogP contribution in [-0.4, -0.2) is 84.0 Å². The number of ketones is 1. The van der Waals surface area contributed by atoms with E-state index in [1.165, 1.54) is 5.57 Å². The molecule has 65 heavy (non-hydrogen) atoms. The molecular formula is C54H80N2O9. The summed E-state index contributed by atoms with van der Waals surface area (Å²) in [5.74, 6) is -0.183. The molecule has 4 N–H and O–H groups in total. The lowest BCUT2D eigenvalue weighted by molar-refractivity contribution is -0.238. The molecule has 0 radical (unpaired) electrons. The van der Waals surface area contributed by atoms with Gasteiger partial charge in [-0.2, -0.15) is 0 Å². The number of aliphatic hydroxyl groups excluding tert-OH is 1. The Labute approximate surface area is 388 Å². The van der Waals surface area contributed by atoms with E-state index < -0.39 is 40.3 Å². The molecule has 0 unspecified atom stereocenters. The Kier molecular flexibility index (Phi) is 12.4. The van der Waals surface area contributed by atoms with Crippen LogP contribution in [0.1, 0.15) is 157 Å². The van der Waals surface area contributed by atoms with Crippen LogP contribution < -0.4 is 15.4 Å². The average molecular weight is 901 g/mol. The van der Waals surface area contributed by atoms with Crippen molar-refractivity contribution in [3.05, 3.63) is 41.0 Å². The zero-order valence-corrected chi connectivity index (χ0v) is 41.4. The van der Waals surface area contributed by atoms with Gasteiger partial charge in [0.1, 0.15) is 18.0 Å². The monoisotopic (exact) mass is 901 g/mol. The molecule has 0 spiro atoms. The molecule has 6 aliphatic carbocycles. The number of allylic oxidation sites excluding steroid dienone is 1. The fourth-order valence-corrected chi connectivity index (χ4v) is 15.9. The van der Waals surface area contributed by atoms with E-state index in [2.05, 4.69) is 59.1 Å². The summed E-state index contributed by atoms with van der Waals surface area (Å²) in [6.45, 7) is 26.3. The average Bonchev–Trinajstić information content (AvgIpc) is 3.84. The molecule has 360 valence electrons. The van der Waals surface area contributed by atoms with Gasteiger partial charge in [-0.1, -0.05) is 67.9 Å². The highest BCUT2D eigenvalue weighted by molar-refractivity contribution is 6.01. The maximum atomic E-state index is 14.3. The van der Waals surface area contributed by atoms with Crippen molar-refractivity contribution in [3.63, 3.8) is 0 Å². The maximum absolute atomic E-state index is 14.3. The Hall–Kier alpha value is -3.28. The van der Waals surface area contributed by atoms with Crippen LogP contribution in [0.15, 0.2) is 35.4 Å². The number of fused-ring (bicyclic) bond motifs is 7. The number of benzene rings is 1. The third-order valence-electron chi connectivity index (χ3n) is 19.8. The summed E-state index contributed by atoms with van der Waals surface area (Å²) in [4.78, 5) is 53.2. The number of rotatable bonds is 13. The number of carbonyl (C=O) groups excluding carboxylic acids is 3. The molecule has 8 rings (SSSR count). The molecule has 7 aliphatic rings. The summed E-state index contributed by atoms with van der Waals surface area (Å²) < 4.78 is 17.8. The number of aliphatic carboxylic acids is 1. The fraction of sp³-hybridized carbons (Fsp3) is 0.778. The van der Waals surface area contributed by atoms with Crippen molar-refractivity contribution in [2.45, 2.75) is 171 Å². The molecule has 6 fully saturated rings. The van der Waals surface area contributed by atoms with Crippen molar-refractivity contribution >= 4 is 23.6 Å². The Morgan fingerprint density at radius 3 is 2.20 bits per heavy atom. The van der Waals surface area contributed by atoms with Gasteiger partial charge in [-0.25, -0.2) is 0 Å². The molecule has 0 aromatic heterocycles. The van der Waals surface area contributed by atoms with Crippen molar-refractivity contribution < 1.29 is 43.6 Å². The number of carbonyl (C=O) groups is 4. The molecule has 1 aromatic carbocycles. The van der Waals surface area contributed by atoms with Crippen molar-refractivity contribution in [2.75, 3.05) is 26.3 Å². The zero-order valence-electron chi connectivity index (χ0n) is 41.4. The number of carboxylic acids is 1. The normalized spacial score (nSPS) is 38.7. The highest BCUT2D eigenvalue weighted by Gasteiger charge is 2.71. The molecule has 11 heteroatoms. The Morgan fingerprint density at radius 2 is 1.57 bits per heavy atom. The van der Waals surface area contributed by atoms with Crippen molar-refractivity contribution in [3.8, 4) is 5.75 Å². The first-order valence-electron chi connectivity index (χ1n) is 25.1. The quantitative estimate of drug-likeness (QED) is 0.141. The summed E-state index contributed by atoms with van der Waals surface area (Å²) in [6.07, 6.45) is 8.25. The van der Waals surface area contributed by atoms with Gasteiger partial charge < -0.3 is 35.1 Å². The zero-order chi connectivity index (χ0) is 47.3. The van der Waals surface area contributed by atoms with E-state index in [4.69, 9.17) is 14.2 Å². The second kappa shape index (κ2) is 16.7. The van der Waals surface area contributed by atoms with E-state index in [0.717, 1.165) is 69.1 Å². The lowest BCUT2D eigenvalue weighted by atomic mass is 9.33. The first-order valence-corrected chi connectivity index (χ1v) is 25.1. The number of hydrogen-bond acceptors (Lipinski definition) is 9. The van der Waals surface area contributed by atoms with Crippen LogP contribution in [-0.2, 0) is 23.9 Å². The van der Waals surface area contributed by atoms with Crippen molar-refractivity contribution in [2.24, 2.45) is 68.0 Å². The third kappa shape index (κ3) is 7.81. The number of hydrogen-bond donors (Lipinski definition) is 4. The minimum Gasteiger partial charge on any atom is -0.488 e. The number of aliphatic hydroxyl groups is 1. The van der Waals surface area contributed by atoms with E-state index in [1.54, 1.807) is 12.1 Å². The van der Waals surface area contributed by atoms with E-state index in [-0.39, 0.29) is 63.4 Å². The first kappa shape index (κ1) is 48.2. The molecule has 12 atom stereocenters. The van der Waals surface area contributed by atoms with E-state index in [0.29, 0.717) is 56.5 Å². The van der Waals surface area contributed by atoms with Crippen molar-refractivity contribution in [1.82, 2.24) is 10.6 Å². The third-order valence-corrected chi connectivity index (χ3v) is 19.8. The van der Waals surface area contributed by atoms with Crippen LogP contribution in [0.3, 0.4) is 0 Å². The topological polar surface area (TPSA) is 160 Å².